The molecule has 0 aliphatic carbocycles. The number of carbonyl (C=O) groups is 1. The predicted molar refractivity (Wildman–Crippen MR) is 76.9 cm³/mol. The molecule has 2 heterocycles. The average Bonchev–Trinajstić information content (AvgIpc) is 2.88. The third-order valence-electron chi connectivity index (χ3n) is 2.95. The second-order valence-electron chi connectivity index (χ2n) is 4.25. The first-order valence-corrected chi connectivity index (χ1v) is 6.99. The lowest BCUT2D eigenvalue weighted by molar-refractivity contribution is 0.0698. The molecule has 0 atom stereocenters. The number of pyridine rings is 1. The summed E-state index contributed by atoms with van der Waals surface area (Å²) in [4.78, 5) is 15.4. The SMILES string of the molecule is O=C(O)c1cc(-c2csc(Cl)c2)nc2c(F)ccc(F)c12. The Morgan fingerprint density at radius 2 is 1.95 bits per heavy atom. The van der Waals surface area contributed by atoms with Crippen molar-refractivity contribution in [1.82, 2.24) is 4.98 Å². The average molecular weight is 326 g/mol. The van der Waals surface area contributed by atoms with Gasteiger partial charge in [0.2, 0.25) is 0 Å². The summed E-state index contributed by atoms with van der Waals surface area (Å²) in [5, 5.41) is 10.6. The number of hydrogen-bond donors (Lipinski definition) is 1. The van der Waals surface area contributed by atoms with Crippen LogP contribution >= 0.6 is 22.9 Å². The van der Waals surface area contributed by atoms with E-state index in [-0.39, 0.29) is 22.2 Å². The maximum atomic E-state index is 13.9. The van der Waals surface area contributed by atoms with Gasteiger partial charge in [0.05, 0.1) is 21.0 Å². The second kappa shape index (κ2) is 5.05. The number of halogens is 3. The van der Waals surface area contributed by atoms with E-state index >= 15 is 0 Å². The van der Waals surface area contributed by atoms with Gasteiger partial charge < -0.3 is 5.11 Å². The fourth-order valence-electron chi connectivity index (χ4n) is 2.03. The lowest BCUT2D eigenvalue weighted by Crippen LogP contribution is -2.03. The molecule has 7 heteroatoms. The smallest absolute Gasteiger partial charge is 0.336 e. The van der Waals surface area contributed by atoms with Crippen LogP contribution in [-0.2, 0) is 0 Å². The lowest BCUT2D eigenvalue weighted by Gasteiger charge is -2.07. The van der Waals surface area contributed by atoms with Crippen LogP contribution in [0.1, 0.15) is 10.4 Å². The Kier molecular flexibility index (Phi) is 3.35. The molecule has 106 valence electrons. The molecule has 0 bridgehead atoms. The van der Waals surface area contributed by atoms with Crippen LogP contribution in [0.3, 0.4) is 0 Å². The van der Waals surface area contributed by atoms with Gasteiger partial charge in [-0.3, -0.25) is 0 Å². The van der Waals surface area contributed by atoms with Crippen LogP contribution in [0, 0.1) is 11.6 Å². The summed E-state index contributed by atoms with van der Waals surface area (Å²) < 4.78 is 28.2. The standard InChI is InChI=1S/C14H6ClF2NO2S/c15-11-3-6(5-21-11)10-4-7(14(19)20)12-8(16)1-2-9(17)13(12)18-10/h1-5H,(H,19,20). The minimum absolute atomic E-state index is 0.229. The van der Waals surface area contributed by atoms with E-state index < -0.39 is 17.6 Å². The molecule has 0 saturated carbocycles. The van der Waals surface area contributed by atoms with E-state index in [9.17, 15) is 18.7 Å². The Hall–Kier alpha value is -2.05. The first kappa shape index (κ1) is 13.9. The van der Waals surface area contributed by atoms with Crippen molar-refractivity contribution in [2.75, 3.05) is 0 Å². The summed E-state index contributed by atoms with van der Waals surface area (Å²) >= 11 is 7.06. The number of thiophene rings is 1. The Balaban J connectivity index is 2.40. The number of fused-ring (bicyclic) bond motifs is 1. The molecule has 0 fully saturated rings. The second-order valence-corrected chi connectivity index (χ2v) is 5.80. The van der Waals surface area contributed by atoms with Crippen molar-refractivity contribution in [1.29, 1.82) is 0 Å². The molecule has 3 aromatic rings. The zero-order valence-electron chi connectivity index (χ0n) is 10.2. The van der Waals surface area contributed by atoms with Crippen molar-refractivity contribution in [3.8, 4) is 11.3 Å². The summed E-state index contributed by atoms with van der Waals surface area (Å²) in [7, 11) is 0. The Bertz CT molecular complexity index is 879. The third kappa shape index (κ3) is 2.36. The number of rotatable bonds is 2. The molecule has 0 aliphatic heterocycles. The van der Waals surface area contributed by atoms with Crippen molar-refractivity contribution in [2.24, 2.45) is 0 Å². The van der Waals surface area contributed by atoms with Gasteiger partial charge in [-0.2, -0.15) is 0 Å². The maximum Gasteiger partial charge on any atom is 0.336 e. The van der Waals surface area contributed by atoms with Crippen LogP contribution in [0.2, 0.25) is 4.34 Å². The van der Waals surface area contributed by atoms with Gasteiger partial charge in [-0.05, 0) is 24.3 Å². The summed E-state index contributed by atoms with van der Waals surface area (Å²) in [6, 6.07) is 4.60. The lowest BCUT2D eigenvalue weighted by atomic mass is 10.0. The van der Waals surface area contributed by atoms with Crippen molar-refractivity contribution >= 4 is 39.8 Å². The molecule has 21 heavy (non-hydrogen) atoms. The van der Waals surface area contributed by atoms with Gasteiger partial charge in [0.15, 0.2) is 0 Å². The van der Waals surface area contributed by atoms with Crippen LogP contribution in [0.15, 0.2) is 29.6 Å². The zero-order chi connectivity index (χ0) is 15.1. The third-order valence-corrected chi connectivity index (χ3v) is 4.05. The first-order chi connectivity index (χ1) is 9.97. The molecule has 1 aromatic carbocycles. The molecule has 0 aliphatic rings. The van der Waals surface area contributed by atoms with E-state index in [1.807, 2.05) is 0 Å². The Morgan fingerprint density at radius 3 is 2.57 bits per heavy atom. The molecule has 0 saturated heterocycles. The fraction of sp³-hybridized carbons (Fsp3) is 0. The molecule has 0 spiro atoms. The van der Waals surface area contributed by atoms with Gasteiger partial charge in [0.1, 0.15) is 17.2 Å². The van der Waals surface area contributed by atoms with Crippen molar-refractivity contribution in [3.63, 3.8) is 0 Å². The maximum absolute atomic E-state index is 13.9. The summed E-state index contributed by atoms with van der Waals surface area (Å²) in [6.45, 7) is 0. The highest BCUT2D eigenvalue weighted by Gasteiger charge is 2.19. The molecule has 0 unspecified atom stereocenters. The topological polar surface area (TPSA) is 50.2 Å². The van der Waals surface area contributed by atoms with Crippen molar-refractivity contribution in [3.05, 3.63) is 51.2 Å². The van der Waals surface area contributed by atoms with E-state index in [1.165, 1.54) is 17.4 Å². The van der Waals surface area contributed by atoms with E-state index in [1.54, 1.807) is 11.4 Å². The van der Waals surface area contributed by atoms with Gasteiger partial charge >= 0.3 is 5.97 Å². The van der Waals surface area contributed by atoms with Crippen LogP contribution in [0.25, 0.3) is 22.2 Å². The largest absolute Gasteiger partial charge is 0.478 e. The van der Waals surface area contributed by atoms with Crippen molar-refractivity contribution < 1.29 is 18.7 Å². The highest BCUT2D eigenvalue weighted by atomic mass is 35.5. The molecule has 2 aromatic heterocycles. The van der Waals surface area contributed by atoms with E-state index in [4.69, 9.17) is 11.6 Å². The predicted octanol–water partition coefficient (Wildman–Crippen LogP) is 4.59. The van der Waals surface area contributed by atoms with Crippen molar-refractivity contribution in [2.45, 2.75) is 0 Å². The molecule has 0 amide bonds. The van der Waals surface area contributed by atoms with E-state index in [2.05, 4.69) is 4.98 Å². The molecule has 1 N–H and O–H groups in total. The molecule has 0 radical (unpaired) electrons. The number of nitrogens with zero attached hydrogens (tertiary/aromatic N) is 1. The molecular formula is C14H6ClF2NO2S. The Labute approximate surface area is 126 Å². The zero-order valence-corrected chi connectivity index (χ0v) is 11.8. The molecule has 3 rings (SSSR count). The van der Waals surface area contributed by atoms with Crippen LogP contribution in [0.4, 0.5) is 8.78 Å². The van der Waals surface area contributed by atoms with Gasteiger partial charge in [-0.1, -0.05) is 11.6 Å². The Morgan fingerprint density at radius 1 is 1.24 bits per heavy atom. The highest BCUT2D eigenvalue weighted by molar-refractivity contribution is 7.14. The number of carboxylic acid groups (broad SMARTS) is 1. The number of aromatic nitrogens is 1. The van der Waals surface area contributed by atoms with Crippen LogP contribution < -0.4 is 0 Å². The number of aromatic carboxylic acids is 1. The molecule has 3 nitrogen and oxygen atoms in total. The highest BCUT2D eigenvalue weighted by Crippen LogP contribution is 2.32. The van der Waals surface area contributed by atoms with Crippen LogP contribution in [0.5, 0.6) is 0 Å². The monoisotopic (exact) mass is 325 g/mol. The number of hydrogen-bond acceptors (Lipinski definition) is 3. The van der Waals surface area contributed by atoms with E-state index in [0.29, 0.717) is 9.90 Å². The fourth-order valence-corrected chi connectivity index (χ4v) is 2.90. The summed E-state index contributed by atoms with van der Waals surface area (Å²) in [6.07, 6.45) is 0. The minimum Gasteiger partial charge on any atom is -0.478 e. The van der Waals surface area contributed by atoms with Gasteiger partial charge in [-0.15, -0.1) is 11.3 Å². The summed E-state index contributed by atoms with van der Waals surface area (Å²) in [5.74, 6) is -2.96. The van der Waals surface area contributed by atoms with Gasteiger partial charge in [0.25, 0.3) is 0 Å². The summed E-state index contributed by atoms with van der Waals surface area (Å²) in [5.41, 5.74) is 0.132. The quantitative estimate of drug-likeness (QED) is 0.749. The molecular weight excluding hydrogens is 320 g/mol. The van der Waals surface area contributed by atoms with E-state index in [0.717, 1.165) is 12.1 Å². The van der Waals surface area contributed by atoms with Gasteiger partial charge in [-0.25, -0.2) is 18.6 Å². The number of carboxylic acids is 1. The van der Waals surface area contributed by atoms with Gasteiger partial charge in [0, 0.05) is 10.9 Å². The number of benzene rings is 1. The normalized spacial score (nSPS) is 11.0. The first-order valence-electron chi connectivity index (χ1n) is 5.74. The minimum atomic E-state index is -1.35. The van der Waals surface area contributed by atoms with Crippen LogP contribution in [-0.4, -0.2) is 16.1 Å².